The van der Waals surface area contributed by atoms with Crippen molar-refractivity contribution in [3.63, 3.8) is 0 Å². The molecule has 0 bridgehead atoms. The second-order valence-corrected chi connectivity index (χ2v) is 16.8. The van der Waals surface area contributed by atoms with Gasteiger partial charge in [0, 0.05) is 13.1 Å². The van der Waals surface area contributed by atoms with E-state index in [1.54, 1.807) is 19.1 Å². The highest BCUT2D eigenvalue weighted by Gasteiger charge is 2.35. The Morgan fingerprint density at radius 1 is 0.515 bits per heavy atom. The lowest BCUT2D eigenvalue weighted by molar-refractivity contribution is -0.146. The Hall–Kier alpha value is -6.64. The summed E-state index contributed by atoms with van der Waals surface area (Å²) in [5.74, 6) is -1.51. The molecule has 7 nitrogen and oxygen atoms in total. The molecule has 0 heterocycles. The summed E-state index contributed by atoms with van der Waals surface area (Å²) in [5.41, 5.74) is 4.34. The molecule has 0 aliphatic carbocycles. The van der Waals surface area contributed by atoms with Gasteiger partial charge in [0.05, 0.1) is 29.9 Å². The van der Waals surface area contributed by atoms with Crippen molar-refractivity contribution in [3.05, 3.63) is 189 Å². The third kappa shape index (κ3) is 13.3. The molecule has 13 heteroatoms. The molecule has 0 unspecified atom stereocenters. The van der Waals surface area contributed by atoms with E-state index in [1.807, 2.05) is 111 Å². The van der Waals surface area contributed by atoms with Crippen molar-refractivity contribution in [1.82, 2.24) is 10.6 Å². The Bertz CT molecular complexity index is 2560. The highest BCUT2D eigenvalue weighted by Crippen LogP contribution is 2.36. The number of Topliss-reactive ketones (excluding diaryl/α,β-unsaturated/α-hetero) is 1. The number of hydrogen-bond donors (Lipinski definition) is 5. The fourth-order valence-corrected chi connectivity index (χ4v) is 7.21. The molecular formula is C55H54F6N2O5. The van der Waals surface area contributed by atoms with Crippen molar-refractivity contribution in [2.45, 2.75) is 71.1 Å². The number of carbonyl (C=O) groups is 2. The molecule has 68 heavy (non-hydrogen) atoms. The number of nitrogens with one attached hydrogen (secondary N) is 2. The summed E-state index contributed by atoms with van der Waals surface area (Å²) in [7, 11) is 0. The van der Waals surface area contributed by atoms with Crippen LogP contribution in [0.25, 0.3) is 46.6 Å². The van der Waals surface area contributed by atoms with Gasteiger partial charge in [-0.05, 0) is 126 Å². The average Bonchev–Trinajstić information content (AvgIpc) is 3.31. The van der Waals surface area contributed by atoms with Crippen LogP contribution in [0.5, 0.6) is 0 Å². The lowest BCUT2D eigenvalue weighted by atomic mass is 9.95. The SMILES string of the molecule is CC(=O)[C@](C)(CO)NCc1ccc(C(F)(F)F)c(/C=C/c2cccc(-c3ccccc3)c2C)c1.Cc1c(/C=C/c2cc(CN[C@](C)(CO)C(=O)O)ccc2C(F)(F)F)cccc1-c1ccccc1. The normalized spacial score (nSPS) is 13.7. The Morgan fingerprint density at radius 2 is 0.882 bits per heavy atom. The summed E-state index contributed by atoms with van der Waals surface area (Å²) in [6.07, 6.45) is -2.82. The Morgan fingerprint density at radius 3 is 1.22 bits per heavy atom. The van der Waals surface area contributed by atoms with Crippen LogP contribution in [0, 0.1) is 13.8 Å². The minimum Gasteiger partial charge on any atom is -0.480 e. The molecule has 0 saturated carbocycles. The fraction of sp³-hybridized carbons (Fsp3) is 0.236. The molecule has 2 atom stereocenters. The van der Waals surface area contributed by atoms with Gasteiger partial charge in [-0.2, -0.15) is 26.3 Å². The fourth-order valence-electron chi connectivity index (χ4n) is 7.21. The van der Waals surface area contributed by atoms with Crippen LogP contribution in [-0.4, -0.2) is 51.4 Å². The maximum atomic E-state index is 13.7. The largest absolute Gasteiger partial charge is 0.480 e. The predicted molar refractivity (Wildman–Crippen MR) is 257 cm³/mol. The van der Waals surface area contributed by atoms with E-state index >= 15 is 0 Å². The Labute approximate surface area is 392 Å². The molecule has 356 valence electrons. The van der Waals surface area contributed by atoms with Crippen LogP contribution < -0.4 is 10.6 Å². The first kappa shape index (κ1) is 52.3. The minimum absolute atomic E-state index is 0.0230. The van der Waals surface area contributed by atoms with Crippen LogP contribution in [0.3, 0.4) is 0 Å². The molecule has 6 rings (SSSR count). The second kappa shape index (κ2) is 22.4. The van der Waals surface area contributed by atoms with Gasteiger partial charge in [0.2, 0.25) is 0 Å². The summed E-state index contributed by atoms with van der Waals surface area (Å²) >= 11 is 0. The van der Waals surface area contributed by atoms with Crippen LogP contribution in [-0.2, 0) is 35.0 Å². The van der Waals surface area contributed by atoms with Gasteiger partial charge in [0.1, 0.15) is 5.54 Å². The number of rotatable bonds is 16. The van der Waals surface area contributed by atoms with Gasteiger partial charge >= 0.3 is 18.3 Å². The van der Waals surface area contributed by atoms with E-state index in [4.69, 9.17) is 0 Å². The number of halogens is 6. The Balaban J connectivity index is 0.000000254. The van der Waals surface area contributed by atoms with Crippen LogP contribution in [0.2, 0.25) is 0 Å². The molecule has 6 aromatic carbocycles. The standard InChI is InChI=1S/C28H28F3NO2.C27H26F3NO3/c1-19-22(10-7-11-25(19)23-8-5-4-6-9-23)13-14-24-16-21(12-15-26(24)28(29,30)31)17-32-27(3,18-33)20(2)34;1-18-20(9-6-10-23(18)21-7-4-3-5-8-21)12-13-22-15-19(11-14-24(22)27(28,29)30)16-31-26(2,17-32)25(33)34/h4-16,32-33H,17-18H2,1-3H3;3-15,31-32H,16-17H2,1-2H3,(H,33,34)/b14-13+;13-12+/t27-;26-/m01/s1. The number of benzene rings is 6. The smallest absolute Gasteiger partial charge is 0.416 e. The predicted octanol–water partition coefficient (Wildman–Crippen LogP) is 12.1. The van der Waals surface area contributed by atoms with Crippen LogP contribution in [0.4, 0.5) is 26.3 Å². The van der Waals surface area contributed by atoms with Crippen molar-refractivity contribution < 1.29 is 51.3 Å². The molecule has 0 fully saturated rings. The van der Waals surface area contributed by atoms with Gasteiger partial charge in [-0.1, -0.05) is 133 Å². The van der Waals surface area contributed by atoms with Crippen LogP contribution in [0.15, 0.2) is 133 Å². The molecule has 0 amide bonds. The number of carboxylic acid groups (broad SMARTS) is 1. The Kier molecular flexibility index (Phi) is 17.3. The van der Waals surface area contributed by atoms with E-state index in [2.05, 4.69) is 10.6 Å². The summed E-state index contributed by atoms with van der Waals surface area (Å²) < 4.78 is 82.0. The third-order valence-corrected chi connectivity index (χ3v) is 11.9. The number of carbonyl (C=O) groups excluding carboxylic acids is 1. The summed E-state index contributed by atoms with van der Waals surface area (Å²) in [6, 6.07) is 38.5. The number of ketones is 1. The number of hydrogen-bond acceptors (Lipinski definition) is 6. The van der Waals surface area contributed by atoms with Gasteiger partial charge < -0.3 is 15.3 Å². The van der Waals surface area contributed by atoms with Crippen LogP contribution in [0.1, 0.15) is 76.4 Å². The summed E-state index contributed by atoms with van der Waals surface area (Å²) in [4.78, 5) is 23.2. The number of alkyl halides is 6. The zero-order valence-electron chi connectivity index (χ0n) is 38.3. The summed E-state index contributed by atoms with van der Waals surface area (Å²) in [5, 5.41) is 33.8. The van der Waals surface area contributed by atoms with Crippen molar-refractivity contribution in [1.29, 1.82) is 0 Å². The molecule has 0 aliphatic heterocycles. The number of aliphatic hydroxyl groups is 2. The van der Waals surface area contributed by atoms with E-state index in [1.165, 1.54) is 50.3 Å². The van der Waals surface area contributed by atoms with Gasteiger partial charge in [-0.3, -0.25) is 20.2 Å². The molecule has 6 aromatic rings. The van der Waals surface area contributed by atoms with Crippen molar-refractivity contribution in [3.8, 4) is 22.3 Å². The van der Waals surface area contributed by atoms with Gasteiger partial charge in [-0.25, -0.2) is 0 Å². The molecular weight excluding hydrogens is 883 g/mol. The topological polar surface area (TPSA) is 119 Å². The van der Waals surface area contributed by atoms with Gasteiger partial charge in [0.15, 0.2) is 5.78 Å². The maximum absolute atomic E-state index is 13.7. The first-order chi connectivity index (χ1) is 32.1. The molecule has 0 radical (unpaired) electrons. The molecule has 5 N–H and O–H groups in total. The first-order valence-electron chi connectivity index (χ1n) is 21.6. The van der Waals surface area contributed by atoms with E-state index in [0.29, 0.717) is 11.1 Å². The first-order valence-corrected chi connectivity index (χ1v) is 21.6. The van der Waals surface area contributed by atoms with E-state index in [-0.39, 0.29) is 30.0 Å². The highest BCUT2D eigenvalue weighted by molar-refractivity contribution is 5.86. The quantitative estimate of drug-likeness (QED) is 0.0484. The number of aliphatic hydroxyl groups excluding tert-OH is 2. The monoisotopic (exact) mass is 936 g/mol. The molecule has 0 saturated heterocycles. The van der Waals surface area contributed by atoms with Crippen LogP contribution >= 0.6 is 0 Å². The van der Waals surface area contributed by atoms with Crippen molar-refractivity contribution in [2.24, 2.45) is 0 Å². The maximum Gasteiger partial charge on any atom is 0.416 e. The number of carboxylic acids is 1. The summed E-state index contributed by atoms with van der Waals surface area (Å²) in [6.45, 7) is 7.14. The zero-order valence-corrected chi connectivity index (χ0v) is 38.3. The average molecular weight is 937 g/mol. The van der Waals surface area contributed by atoms with Gasteiger partial charge in [0.25, 0.3) is 0 Å². The van der Waals surface area contributed by atoms with Crippen molar-refractivity contribution >= 4 is 36.1 Å². The molecule has 0 aliphatic rings. The molecule has 0 aromatic heterocycles. The lowest BCUT2D eigenvalue weighted by Gasteiger charge is -2.26. The third-order valence-electron chi connectivity index (χ3n) is 11.9. The van der Waals surface area contributed by atoms with Crippen molar-refractivity contribution in [2.75, 3.05) is 13.2 Å². The highest BCUT2D eigenvalue weighted by atomic mass is 19.4. The van der Waals surface area contributed by atoms with E-state index in [0.717, 1.165) is 56.6 Å². The van der Waals surface area contributed by atoms with E-state index in [9.17, 15) is 51.3 Å². The number of aliphatic carboxylic acids is 1. The van der Waals surface area contributed by atoms with Gasteiger partial charge in [-0.15, -0.1) is 0 Å². The van der Waals surface area contributed by atoms with E-state index < -0.39 is 53.7 Å². The second-order valence-electron chi connectivity index (χ2n) is 16.8. The zero-order chi connectivity index (χ0) is 49.9. The lowest BCUT2D eigenvalue weighted by Crippen LogP contribution is -2.52. The minimum atomic E-state index is -4.55. The molecule has 0 spiro atoms.